The summed E-state index contributed by atoms with van der Waals surface area (Å²) >= 11 is 0. The lowest BCUT2D eigenvalue weighted by atomic mass is 10.1. The van der Waals surface area contributed by atoms with Gasteiger partial charge in [0.2, 0.25) is 0 Å². The molecule has 0 aromatic heterocycles. The number of alkyl halides is 3. The van der Waals surface area contributed by atoms with Crippen molar-refractivity contribution in [3.63, 3.8) is 0 Å². The summed E-state index contributed by atoms with van der Waals surface area (Å²) < 4.78 is 42.4. The Kier molecular flexibility index (Phi) is 4.87. The molecule has 0 heterocycles. The average Bonchev–Trinajstić information content (AvgIpc) is 2.46. The minimum absolute atomic E-state index is 0.0995. The first kappa shape index (κ1) is 17.5. The summed E-state index contributed by atoms with van der Waals surface area (Å²) in [5.74, 6) is -0.543. The monoisotopic (exact) mass is 339 g/mol. The number of nitro benzene ring substituents is 1. The predicted molar refractivity (Wildman–Crippen MR) is 78.6 cm³/mol. The van der Waals surface area contributed by atoms with E-state index < -0.39 is 22.6 Å². The fourth-order valence-electron chi connectivity index (χ4n) is 2.04. The van der Waals surface area contributed by atoms with Crippen LogP contribution in [0.2, 0.25) is 0 Å². The maximum atomic E-state index is 12.5. The van der Waals surface area contributed by atoms with Crippen LogP contribution in [0.25, 0.3) is 0 Å². The van der Waals surface area contributed by atoms with Crippen LogP contribution in [0, 0.1) is 17.0 Å². The fraction of sp³-hybridized carbons (Fsp3) is 0.188. The number of carbonyl (C=O) groups is 1. The molecule has 2 aromatic carbocycles. The molecule has 126 valence electrons. The maximum Gasteiger partial charge on any atom is 0.416 e. The molecule has 0 aliphatic heterocycles. The average molecular weight is 339 g/mol. The summed E-state index contributed by atoms with van der Waals surface area (Å²) in [6, 6.07) is 8.03. The maximum absolute atomic E-state index is 12.5. The molecule has 0 saturated heterocycles. The zero-order valence-corrected chi connectivity index (χ0v) is 12.5. The molecule has 0 aliphatic carbocycles. The van der Waals surface area contributed by atoms with Gasteiger partial charge in [-0.25, -0.2) is 0 Å². The van der Waals surface area contributed by atoms with E-state index in [1.165, 1.54) is 37.3 Å². The van der Waals surface area contributed by atoms with Crippen molar-refractivity contribution in [3.8, 4) is 5.75 Å². The van der Waals surface area contributed by atoms with Crippen LogP contribution in [0.15, 0.2) is 42.5 Å². The number of nitro groups is 1. The van der Waals surface area contributed by atoms with Crippen molar-refractivity contribution in [1.82, 2.24) is 0 Å². The Balaban J connectivity index is 2.03. The molecule has 0 amide bonds. The highest BCUT2D eigenvalue weighted by molar-refractivity contribution is 5.75. The van der Waals surface area contributed by atoms with Gasteiger partial charge in [0, 0.05) is 11.6 Å². The van der Waals surface area contributed by atoms with Crippen molar-refractivity contribution < 1.29 is 27.6 Å². The van der Waals surface area contributed by atoms with Crippen LogP contribution in [0.5, 0.6) is 5.75 Å². The van der Waals surface area contributed by atoms with Gasteiger partial charge in [0.25, 0.3) is 5.69 Å². The van der Waals surface area contributed by atoms with Crippen LogP contribution < -0.4 is 4.74 Å². The molecule has 2 aromatic rings. The van der Waals surface area contributed by atoms with E-state index in [0.29, 0.717) is 11.1 Å². The van der Waals surface area contributed by atoms with E-state index in [1.54, 1.807) is 0 Å². The van der Waals surface area contributed by atoms with E-state index >= 15 is 0 Å². The number of esters is 1. The Bertz CT molecular complexity index is 770. The normalized spacial score (nSPS) is 11.2. The SMILES string of the molecule is Cc1cc(OC(=O)Cc2ccc(C(F)(F)F)cc2)ccc1[N+](=O)[O-]. The third-order valence-electron chi connectivity index (χ3n) is 3.23. The summed E-state index contributed by atoms with van der Waals surface area (Å²) in [5, 5.41) is 10.7. The Labute approximate surface area is 134 Å². The van der Waals surface area contributed by atoms with Gasteiger partial charge in [0.05, 0.1) is 16.9 Å². The van der Waals surface area contributed by atoms with Gasteiger partial charge in [-0.1, -0.05) is 12.1 Å². The van der Waals surface area contributed by atoms with Gasteiger partial charge in [0.15, 0.2) is 0 Å². The van der Waals surface area contributed by atoms with E-state index in [9.17, 15) is 28.1 Å². The summed E-state index contributed by atoms with van der Waals surface area (Å²) in [5.41, 5.74) is -0.199. The summed E-state index contributed by atoms with van der Waals surface area (Å²) in [6.07, 6.45) is -4.65. The minimum Gasteiger partial charge on any atom is -0.426 e. The van der Waals surface area contributed by atoms with E-state index in [1.807, 2.05) is 0 Å². The zero-order chi connectivity index (χ0) is 17.9. The Morgan fingerprint density at radius 2 is 1.79 bits per heavy atom. The summed E-state index contributed by atoms with van der Waals surface area (Å²) in [4.78, 5) is 22.0. The second-order valence-electron chi connectivity index (χ2n) is 5.05. The highest BCUT2D eigenvalue weighted by Crippen LogP contribution is 2.29. The lowest BCUT2D eigenvalue weighted by Gasteiger charge is -2.08. The Morgan fingerprint density at radius 3 is 2.29 bits per heavy atom. The van der Waals surface area contributed by atoms with E-state index in [0.717, 1.165) is 12.1 Å². The second-order valence-corrected chi connectivity index (χ2v) is 5.05. The first-order chi connectivity index (χ1) is 11.2. The van der Waals surface area contributed by atoms with Crippen molar-refractivity contribution >= 4 is 11.7 Å². The van der Waals surface area contributed by atoms with E-state index in [-0.39, 0.29) is 17.9 Å². The zero-order valence-electron chi connectivity index (χ0n) is 12.5. The van der Waals surface area contributed by atoms with Crippen molar-refractivity contribution in [2.75, 3.05) is 0 Å². The molecule has 0 radical (unpaired) electrons. The Hall–Kier alpha value is -2.90. The molecule has 0 spiro atoms. The number of carbonyl (C=O) groups excluding carboxylic acids is 1. The van der Waals surface area contributed by atoms with Gasteiger partial charge >= 0.3 is 12.1 Å². The van der Waals surface area contributed by atoms with Gasteiger partial charge in [-0.2, -0.15) is 13.2 Å². The van der Waals surface area contributed by atoms with E-state index in [4.69, 9.17) is 4.74 Å². The highest BCUT2D eigenvalue weighted by atomic mass is 19.4. The number of halogens is 3. The van der Waals surface area contributed by atoms with Crippen LogP contribution >= 0.6 is 0 Å². The van der Waals surface area contributed by atoms with Gasteiger partial charge in [-0.15, -0.1) is 0 Å². The Morgan fingerprint density at radius 1 is 1.17 bits per heavy atom. The number of ether oxygens (including phenoxy) is 1. The molecule has 2 rings (SSSR count). The van der Waals surface area contributed by atoms with Crippen LogP contribution in [0.1, 0.15) is 16.7 Å². The van der Waals surface area contributed by atoms with Gasteiger partial charge < -0.3 is 4.74 Å². The van der Waals surface area contributed by atoms with Gasteiger partial charge in [-0.3, -0.25) is 14.9 Å². The standard InChI is InChI=1S/C16H12F3NO4/c1-10-8-13(6-7-14(10)20(22)23)24-15(21)9-11-2-4-12(5-3-11)16(17,18)19/h2-8H,9H2,1H3. The highest BCUT2D eigenvalue weighted by Gasteiger charge is 2.30. The fourth-order valence-corrected chi connectivity index (χ4v) is 2.04. The lowest BCUT2D eigenvalue weighted by molar-refractivity contribution is -0.385. The third kappa shape index (κ3) is 4.31. The molecule has 0 fully saturated rings. The molecule has 0 bridgehead atoms. The molecule has 0 saturated carbocycles. The van der Waals surface area contributed by atoms with E-state index in [2.05, 4.69) is 0 Å². The van der Waals surface area contributed by atoms with Gasteiger partial charge in [-0.05, 0) is 36.8 Å². The second kappa shape index (κ2) is 6.69. The van der Waals surface area contributed by atoms with Crippen molar-refractivity contribution in [1.29, 1.82) is 0 Å². The molecule has 0 N–H and O–H groups in total. The smallest absolute Gasteiger partial charge is 0.416 e. The quantitative estimate of drug-likeness (QED) is 0.364. The minimum atomic E-state index is -4.44. The molecule has 8 heteroatoms. The number of nitrogens with zero attached hydrogens (tertiary/aromatic N) is 1. The molecule has 0 atom stereocenters. The molecule has 0 aliphatic rings. The number of hydrogen-bond donors (Lipinski definition) is 0. The van der Waals surface area contributed by atoms with Crippen LogP contribution in [-0.2, 0) is 17.4 Å². The first-order valence-corrected chi connectivity index (χ1v) is 6.78. The number of hydrogen-bond acceptors (Lipinski definition) is 4. The molecular weight excluding hydrogens is 327 g/mol. The molecule has 24 heavy (non-hydrogen) atoms. The molecular formula is C16H12F3NO4. The van der Waals surface area contributed by atoms with Crippen molar-refractivity contribution in [3.05, 3.63) is 69.3 Å². The first-order valence-electron chi connectivity index (χ1n) is 6.78. The van der Waals surface area contributed by atoms with Crippen molar-refractivity contribution in [2.24, 2.45) is 0 Å². The van der Waals surface area contributed by atoms with Crippen molar-refractivity contribution in [2.45, 2.75) is 19.5 Å². The number of benzene rings is 2. The number of aryl methyl sites for hydroxylation is 1. The lowest BCUT2D eigenvalue weighted by Crippen LogP contribution is -2.12. The molecule has 5 nitrogen and oxygen atoms in total. The van der Waals surface area contributed by atoms with Crippen LogP contribution in [0.4, 0.5) is 18.9 Å². The largest absolute Gasteiger partial charge is 0.426 e. The molecule has 0 unspecified atom stereocenters. The predicted octanol–water partition coefficient (Wildman–Crippen LogP) is 4.07. The summed E-state index contributed by atoms with van der Waals surface area (Å²) in [6.45, 7) is 1.51. The third-order valence-corrected chi connectivity index (χ3v) is 3.23. The van der Waals surface area contributed by atoms with Crippen LogP contribution in [0.3, 0.4) is 0 Å². The number of rotatable bonds is 4. The summed E-state index contributed by atoms with van der Waals surface area (Å²) in [7, 11) is 0. The topological polar surface area (TPSA) is 69.4 Å². The van der Waals surface area contributed by atoms with Crippen LogP contribution in [-0.4, -0.2) is 10.9 Å². The van der Waals surface area contributed by atoms with Gasteiger partial charge in [0.1, 0.15) is 5.75 Å².